The molecule has 1 radical (unpaired) electrons. The third-order valence-corrected chi connectivity index (χ3v) is 2.86. The van der Waals surface area contributed by atoms with Crippen LogP contribution in [0.2, 0.25) is 0 Å². The lowest BCUT2D eigenvalue weighted by atomic mass is 10.1. The van der Waals surface area contributed by atoms with E-state index in [9.17, 15) is 13.2 Å². The molecule has 0 amide bonds. The summed E-state index contributed by atoms with van der Waals surface area (Å²) in [7, 11) is 0. The molecule has 0 spiro atoms. The van der Waals surface area contributed by atoms with Gasteiger partial charge in [-0.15, -0.1) is 0 Å². The Balaban J connectivity index is 2.21. The van der Waals surface area contributed by atoms with Crippen LogP contribution in [0.4, 0.5) is 13.2 Å². The van der Waals surface area contributed by atoms with Gasteiger partial charge in [0.25, 0.3) is 0 Å². The second kappa shape index (κ2) is 3.50. The SMILES string of the molecule is FC(F)(F)Sc1ccc2c(c1)C[CH]C2. The minimum Gasteiger partial charge on any atom is -0.160 e. The van der Waals surface area contributed by atoms with Gasteiger partial charge < -0.3 is 0 Å². The van der Waals surface area contributed by atoms with Crippen LogP contribution in [0.3, 0.4) is 0 Å². The molecule has 0 fully saturated rings. The largest absolute Gasteiger partial charge is 0.446 e. The number of halogens is 3. The molecule has 14 heavy (non-hydrogen) atoms. The highest BCUT2D eigenvalue weighted by atomic mass is 32.2. The maximum atomic E-state index is 12.0. The standard InChI is InChI=1S/C10H8F3S/c11-10(12,13)14-9-5-4-7-2-1-3-8(7)6-9/h1,4-6H,2-3H2. The van der Waals surface area contributed by atoms with Crippen LogP contribution in [0.1, 0.15) is 11.1 Å². The molecule has 1 aromatic carbocycles. The molecule has 1 aliphatic rings. The monoisotopic (exact) mass is 217 g/mol. The van der Waals surface area contributed by atoms with Crippen molar-refractivity contribution in [1.82, 2.24) is 0 Å². The topological polar surface area (TPSA) is 0 Å². The van der Waals surface area contributed by atoms with Gasteiger partial charge in [0.2, 0.25) is 0 Å². The molecule has 0 nitrogen and oxygen atoms in total. The van der Waals surface area contributed by atoms with Gasteiger partial charge in [-0.1, -0.05) is 6.07 Å². The van der Waals surface area contributed by atoms with Crippen LogP contribution in [0, 0.1) is 6.42 Å². The third-order valence-electron chi connectivity index (χ3n) is 2.14. The first-order valence-corrected chi connectivity index (χ1v) is 5.05. The van der Waals surface area contributed by atoms with Crippen LogP contribution in [0.25, 0.3) is 0 Å². The fourth-order valence-corrected chi connectivity index (χ4v) is 2.18. The Morgan fingerprint density at radius 3 is 2.50 bits per heavy atom. The lowest BCUT2D eigenvalue weighted by Gasteiger charge is -2.07. The Kier molecular flexibility index (Phi) is 2.47. The van der Waals surface area contributed by atoms with E-state index >= 15 is 0 Å². The van der Waals surface area contributed by atoms with Crippen molar-refractivity contribution in [2.45, 2.75) is 23.2 Å². The van der Waals surface area contributed by atoms with Crippen molar-refractivity contribution in [3.63, 3.8) is 0 Å². The van der Waals surface area contributed by atoms with Crippen LogP contribution in [0.5, 0.6) is 0 Å². The molecule has 0 saturated carbocycles. The van der Waals surface area contributed by atoms with Crippen LogP contribution in [-0.4, -0.2) is 5.51 Å². The molecule has 0 bridgehead atoms. The molecule has 4 heteroatoms. The van der Waals surface area contributed by atoms with Crippen molar-refractivity contribution >= 4 is 11.8 Å². The highest BCUT2D eigenvalue weighted by molar-refractivity contribution is 8.00. The summed E-state index contributed by atoms with van der Waals surface area (Å²) in [6, 6.07) is 4.96. The Bertz CT molecular complexity index is 344. The zero-order valence-electron chi connectivity index (χ0n) is 7.27. The van der Waals surface area contributed by atoms with Crippen LogP contribution in [0.15, 0.2) is 23.1 Å². The van der Waals surface area contributed by atoms with Crippen molar-refractivity contribution in [3.05, 3.63) is 35.7 Å². The first-order valence-electron chi connectivity index (χ1n) is 4.24. The summed E-state index contributed by atoms with van der Waals surface area (Å²) < 4.78 is 36.1. The molecule has 0 aliphatic heterocycles. The molecule has 0 atom stereocenters. The van der Waals surface area contributed by atoms with E-state index in [0.29, 0.717) is 0 Å². The molecule has 0 aromatic heterocycles. The molecular weight excluding hydrogens is 209 g/mol. The average Bonchev–Trinajstić information content (AvgIpc) is 2.47. The number of alkyl halides is 3. The van der Waals surface area contributed by atoms with Gasteiger partial charge in [-0.25, -0.2) is 0 Å². The van der Waals surface area contributed by atoms with Gasteiger partial charge in [0.1, 0.15) is 0 Å². The van der Waals surface area contributed by atoms with E-state index < -0.39 is 5.51 Å². The van der Waals surface area contributed by atoms with Gasteiger partial charge in [-0.3, -0.25) is 0 Å². The summed E-state index contributed by atoms with van der Waals surface area (Å²) in [5.41, 5.74) is -2.01. The van der Waals surface area contributed by atoms with Crippen LogP contribution < -0.4 is 0 Å². The Morgan fingerprint density at radius 2 is 1.79 bits per heavy atom. The molecular formula is C10H8F3S. The highest BCUT2D eigenvalue weighted by Gasteiger charge is 2.29. The number of thioether (sulfide) groups is 1. The van der Waals surface area contributed by atoms with Crippen molar-refractivity contribution in [1.29, 1.82) is 0 Å². The van der Waals surface area contributed by atoms with Crippen molar-refractivity contribution in [2.75, 3.05) is 0 Å². The van der Waals surface area contributed by atoms with Crippen molar-refractivity contribution in [2.24, 2.45) is 0 Å². The Morgan fingerprint density at radius 1 is 1.07 bits per heavy atom. The molecule has 1 aliphatic carbocycles. The zero-order valence-corrected chi connectivity index (χ0v) is 8.08. The van der Waals surface area contributed by atoms with Gasteiger partial charge in [-0.05, 0) is 54.3 Å². The predicted molar refractivity (Wildman–Crippen MR) is 50.1 cm³/mol. The second-order valence-electron chi connectivity index (χ2n) is 3.18. The number of hydrogen-bond donors (Lipinski definition) is 0. The van der Waals surface area contributed by atoms with E-state index in [2.05, 4.69) is 6.42 Å². The first-order chi connectivity index (χ1) is 6.54. The van der Waals surface area contributed by atoms with E-state index in [1.807, 2.05) is 0 Å². The normalized spacial score (nSPS) is 15.6. The van der Waals surface area contributed by atoms with Crippen LogP contribution in [-0.2, 0) is 12.8 Å². The summed E-state index contributed by atoms with van der Waals surface area (Å²) >= 11 is -0.0471. The zero-order chi connectivity index (χ0) is 10.2. The summed E-state index contributed by atoms with van der Waals surface area (Å²) in [6.45, 7) is 0. The molecule has 0 saturated heterocycles. The smallest absolute Gasteiger partial charge is 0.160 e. The third kappa shape index (κ3) is 2.23. The van der Waals surface area contributed by atoms with Gasteiger partial charge in [0.15, 0.2) is 0 Å². The summed E-state index contributed by atoms with van der Waals surface area (Å²) in [5.74, 6) is 0. The summed E-state index contributed by atoms with van der Waals surface area (Å²) in [5, 5.41) is 0. The maximum absolute atomic E-state index is 12.0. The fourth-order valence-electron chi connectivity index (χ4n) is 1.57. The Labute approximate surface area is 84.5 Å². The van der Waals surface area contributed by atoms with E-state index in [-0.39, 0.29) is 16.7 Å². The predicted octanol–water partition coefficient (Wildman–Crippen LogP) is 3.60. The number of hydrogen-bond acceptors (Lipinski definition) is 1. The molecule has 0 N–H and O–H groups in total. The van der Waals surface area contributed by atoms with Gasteiger partial charge in [-0.2, -0.15) is 13.2 Å². The van der Waals surface area contributed by atoms with Crippen molar-refractivity contribution < 1.29 is 13.2 Å². The van der Waals surface area contributed by atoms with E-state index in [1.54, 1.807) is 12.1 Å². The minimum atomic E-state index is -4.18. The van der Waals surface area contributed by atoms with Gasteiger partial charge in [0, 0.05) is 4.90 Å². The molecule has 1 aromatic rings. The number of benzene rings is 1. The van der Waals surface area contributed by atoms with Gasteiger partial charge >= 0.3 is 5.51 Å². The summed E-state index contributed by atoms with van der Waals surface area (Å²) in [4.78, 5) is 0.284. The summed E-state index contributed by atoms with van der Waals surface area (Å²) in [6.07, 6.45) is 3.75. The van der Waals surface area contributed by atoms with E-state index in [4.69, 9.17) is 0 Å². The molecule has 2 rings (SSSR count). The molecule has 75 valence electrons. The minimum absolute atomic E-state index is 0.0471. The van der Waals surface area contributed by atoms with Gasteiger partial charge in [0.05, 0.1) is 0 Å². The lowest BCUT2D eigenvalue weighted by molar-refractivity contribution is -0.0328. The van der Waals surface area contributed by atoms with Crippen molar-refractivity contribution in [3.8, 4) is 0 Å². The Hall–Kier alpha value is -0.640. The number of fused-ring (bicyclic) bond motifs is 1. The van der Waals surface area contributed by atoms with Crippen LogP contribution >= 0.6 is 11.8 Å². The number of rotatable bonds is 1. The van der Waals surface area contributed by atoms with E-state index in [0.717, 1.165) is 24.0 Å². The second-order valence-corrected chi connectivity index (χ2v) is 4.31. The highest BCUT2D eigenvalue weighted by Crippen LogP contribution is 2.38. The quantitative estimate of drug-likeness (QED) is 0.647. The maximum Gasteiger partial charge on any atom is 0.446 e. The van der Waals surface area contributed by atoms with E-state index in [1.165, 1.54) is 6.07 Å². The average molecular weight is 217 g/mol. The first kappa shape index (κ1) is 9.90. The lowest BCUT2D eigenvalue weighted by Crippen LogP contribution is -1.99. The fraction of sp³-hybridized carbons (Fsp3) is 0.300. The molecule has 0 heterocycles. The molecule has 0 unspecified atom stereocenters.